The monoisotopic (exact) mass is 392 g/mol. The molecule has 138 valence electrons. The van der Waals surface area contributed by atoms with Gasteiger partial charge >= 0.3 is 0 Å². The van der Waals surface area contributed by atoms with Crippen molar-refractivity contribution < 1.29 is 4.57 Å². The summed E-state index contributed by atoms with van der Waals surface area (Å²) in [6.07, 6.45) is 2.20. The van der Waals surface area contributed by atoms with Crippen LogP contribution < -0.4 is 4.57 Å². The first-order valence-corrected chi connectivity index (χ1v) is 10.0. The predicted octanol–water partition coefficient (Wildman–Crippen LogP) is 7.10. The first-order chi connectivity index (χ1) is 14.3. The molecule has 1 aromatic heterocycles. The zero-order chi connectivity index (χ0) is 19.6. The Labute approximate surface area is 175 Å². The lowest BCUT2D eigenvalue weighted by molar-refractivity contribution is -0.581. The van der Waals surface area contributed by atoms with E-state index in [-0.39, 0.29) is 0 Å². The average Bonchev–Trinajstić information content (AvgIpc) is 2.79. The van der Waals surface area contributed by atoms with E-state index in [2.05, 4.69) is 102 Å². The molecule has 29 heavy (non-hydrogen) atoms. The molecule has 0 bridgehead atoms. The third-order valence-corrected chi connectivity index (χ3v) is 5.41. The maximum absolute atomic E-state index is 6.35. The average molecular weight is 393 g/mol. The second-order valence-electron chi connectivity index (χ2n) is 7.02. The van der Waals surface area contributed by atoms with Gasteiger partial charge in [-0.15, -0.1) is 0 Å². The molecule has 0 atom stereocenters. The Kier molecular flexibility index (Phi) is 4.59. The summed E-state index contributed by atoms with van der Waals surface area (Å²) in [5.41, 5.74) is 5.77. The fraction of sp³-hybridized carbons (Fsp3) is 0. The van der Waals surface area contributed by atoms with E-state index < -0.39 is 0 Å². The second-order valence-corrected chi connectivity index (χ2v) is 7.46. The lowest BCUT2D eigenvalue weighted by Gasteiger charge is -2.13. The van der Waals surface area contributed by atoms with Crippen molar-refractivity contribution in [2.45, 2.75) is 0 Å². The lowest BCUT2D eigenvalue weighted by atomic mass is 9.93. The van der Waals surface area contributed by atoms with E-state index in [0.717, 1.165) is 22.0 Å². The maximum Gasteiger partial charge on any atom is 0.226 e. The highest BCUT2D eigenvalue weighted by molar-refractivity contribution is 6.30. The molecule has 0 fully saturated rings. The van der Waals surface area contributed by atoms with Gasteiger partial charge in [0.1, 0.15) is 0 Å². The number of rotatable bonds is 3. The number of pyridine rings is 1. The van der Waals surface area contributed by atoms with Crippen LogP contribution in [0.1, 0.15) is 0 Å². The van der Waals surface area contributed by atoms with Crippen molar-refractivity contribution in [2.75, 3.05) is 0 Å². The van der Waals surface area contributed by atoms with Crippen LogP contribution in [0, 0.1) is 0 Å². The molecule has 1 nitrogen and oxygen atoms in total. The Bertz CT molecular complexity index is 1290. The molecule has 5 rings (SSSR count). The van der Waals surface area contributed by atoms with Crippen LogP contribution >= 0.6 is 11.6 Å². The van der Waals surface area contributed by atoms with Gasteiger partial charge in [0.15, 0.2) is 6.20 Å². The van der Waals surface area contributed by atoms with Gasteiger partial charge in [-0.3, -0.25) is 0 Å². The molecule has 0 aliphatic rings. The molecular formula is C27H19ClN+. The molecule has 0 saturated heterocycles. The molecule has 4 aromatic carbocycles. The van der Waals surface area contributed by atoms with Crippen LogP contribution in [-0.2, 0) is 0 Å². The minimum atomic E-state index is 0.725. The van der Waals surface area contributed by atoms with Crippen LogP contribution in [0.15, 0.2) is 115 Å². The van der Waals surface area contributed by atoms with Crippen LogP contribution in [0.4, 0.5) is 0 Å². The Hall–Kier alpha value is -3.42. The molecule has 0 saturated carbocycles. The summed E-state index contributed by atoms with van der Waals surface area (Å²) >= 11 is 6.35. The molecule has 1 heterocycles. The van der Waals surface area contributed by atoms with Gasteiger partial charge in [0.2, 0.25) is 11.4 Å². The van der Waals surface area contributed by atoms with Gasteiger partial charge in [-0.05, 0) is 29.8 Å². The van der Waals surface area contributed by atoms with Crippen LogP contribution in [0.3, 0.4) is 0 Å². The third kappa shape index (κ3) is 3.30. The summed E-state index contributed by atoms with van der Waals surface area (Å²) in [5, 5.41) is 3.14. The Balaban J connectivity index is 1.97. The number of hydrogen-bond donors (Lipinski definition) is 0. The zero-order valence-corrected chi connectivity index (χ0v) is 16.6. The molecule has 0 unspecified atom stereocenters. The van der Waals surface area contributed by atoms with E-state index >= 15 is 0 Å². The maximum atomic E-state index is 6.35. The SMILES string of the molecule is Clc1cccc(-[n+]2cc3ccccc3c(-c3ccccc3)c2-c2ccccc2)c1. The Morgan fingerprint density at radius 1 is 0.586 bits per heavy atom. The number of halogens is 1. The Morgan fingerprint density at radius 3 is 1.97 bits per heavy atom. The number of nitrogens with zero attached hydrogens (tertiary/aromatic N) is 1. The van der Waals surface area contributed by atoms with Gasteiger partial charge in [-0.25, -0.2) is 0 Å². The van der Waals surface area contributed by atoms with Crippen LogP contribution in [-0.4, -0.2) is 0 Å². The molecule has 0 radical (unpaired) electrons. The van der Waals surface area contributed by atoms with Gasteiger partial charge in [-0.1, -0.05) is 84.4 Å². The van der Waals surface area contributed by atoms with Crippen molar-refractivity contribution in [3.05, 3.63) is 120 Å². The van der Waals surface area contributed by atoms with Crippen molar-refractivity contribution in [3.8, 4) is 28.1 Å². The van der Waals surface area contributed by atoms with Crippen LogP contribution in [0.2, 0.25) is 5.02 Å². The molecule has 0 spiro atoms. The zero-order valence-electron chi connectivity index (χ0n) is 15.8. The number of benzene rings is 4. The quantitative estimate of drug-likeness (QED) is 0.288. The summed E-state index contributed by atoms with van der Waals surface area (Å²) < 4.78 is 2.26. The van der Waals surface area contributed by atoms with Gasteiger partial charge < -0.3 is 0 Å². The highest BCUT2D eigenvalue weighted by atomic mass is 35.5. The van der Waals surface area contributed by atoms with Crippen LogP contribution in [0.5, 0.6) is 0 Å². The molecule has 0 aliphatic heterocycles. The highest BCUT2D eigenvalue weighted by Crippen LogP contribution is 2.36. The van der Waals surface area contributed by atoms with Crippen molar-refractivity contribution in [1.82, 2.24) is 0 Å². The summed E-state index contributed by atoms with van der Waals surface area (Å²) in [6, 6.07) is 37.7. The van der Waals surface area contributed by atoms with E-state index in [0.29, 0.717) is 0 Å². The smallest absolute Gasteiger partial charge is 0.159 e. The number of fused-ring (bicyclic) bond motifs is 1. The second kappa shape index (κ2) is 7.54. The highest BCUT2D eigenvalue weighted by Gasteiger charge is 2.25. The minimum Gasteiger partial charge on any atom is -0.159 e. The van der Waals surface area contributed by atoms with Crippen LogP contribution in [0.25, 0.3) is 38.8 Å². The lowest BCUT2D eigenvalue weighted by Crippen LogP contribution is -2.34. The van der Waals surface area contributed by atoms with Gasteiger partial charge in [-0.2, -0.15) is 4.57 Å². The summed E-state index contributed by atoms with van der Waals surface area (Å²) in [7, 11) is 0. The Morgan fingerprint density at radius 2 is 1.24 bits per heavy atom. The van der Waals surface area contributed by atoms with Crippen molar-refractivity contribution >= 4 is 22.4 Å². The first-order valence-electron chi connectivity index (χ1n) is 9.65. The number of hydrogen-bond acceptors (Lipinski definition) is 0. The molecule has 5 aromatic rings. The van der Waals surface area contributed by atoms with Gasteiger partial charge in [0.05, 0.1) is 5.56 Å². The normalized spacial score (nSPS) is 10.9. The van der Waals surface area contributed by atoms with E-state index in [1.165, 1.54) is 21.9 Å². The summed E-state index contributed by atoms with van der Waals surface area (Å²) in [4.78, 5) is 0. The topological polar surface area (TPSA) is 3.88 Å². The first kappa shape index (κ1) is 17.7. The van der Waals surface area contributed by atoms with E-state index in [4.69, 9.17) is 11.6 Å². The van der Waals surface area contributed by atoms with Crippen molar-refractivity contribution in [3.63, 3.8) is 0 Å². The largest absolute Gasteiger partial charge is 0.226 e. The standard InChI is InChI=1S/C27H19ClN/c28-23-15-9-16-24(18-23)29-19-22-14-7-8-17-25(22)26(20-10-3-1-4-11-20)27(29)21-12-5-2-6-13-21/h1-19H/q+1. The number of aromatic nitrogens is 1. The van der Waals surface area contributed by atoms with Gasteiger partial charge in [0, 0.05) is 33.5 Å². The fourth-order valence-electron chi connectivity index (χ4n) is 3.89. The van der Waals surface area contributed by atoms with E-state index in [9.17, 15) is 0 Å². The summed E-state index contributed by atoms with van der Waals surface area (Å²) in [6.45, 7) is 0. The van der Waals surface area contributed by atoms with E-state index in [1.54, 1.807) is 0 Å². The molecule has 0 aliphatic carbocycles. The van der Waals surface area contributed by atoms with Gasteiger partial charge in [0.25, 0.3) is 0 Å². The van der Waals surface area contributed by atoms with Crippen molar-refractivity contribution in [1.29, 1.82) is 0 Å². The molecular weight excluding hydrogens is 374 g/mol. The fourth-order valence-corrected chi connectivity index (χ4v) is 4.08. The predicted molar refractivity (Wildman–Crippen MR) is 121 cm³/mol. The molecule has 0 N–H and O–H groups in total. The van der Waals surface area contributed by atoms with Crippen molar-refractivity contribution in [2.24, 2.45) is 0 Å². The summed E-state index contributed by atoms with van der Waals surface area (Å²) in [5.74, 6) is 0. The van der Waals surface area contributed by atoms with E-state index in [1.807, 2.05) is 18.2 Å². The minimum absolute atomic E-state index is 0.725. The molecule has 2 heteroatoms. The molecule has 0 amide bonds. The third-order valence-electron chi connectivity index (χ3n) is 5.17.